The van der Waals surface area contributed by atoms with Gasteiger partial charge in [0.05, 0.1) is 18.7 Å². The molecule has 6 heteroatoms. The van der Waals surface area contributed by atoms with Gasteiger partial charge in [0.25, 0.3) is 0 Å². The molecule has 3 aliphatic rings. The lowest BCUT2D eigenvalue weighted by Gasteiger charge is -2.34. The predicted octanol–water partition coefficient (Wildman–Crippen LogP) is 5.50. The highest BCUT2D eigenvalue weighted by molar-refractivity contribution is 5.92. The van der Waals surface area contributed by atoms with Crippen LogP contribution in [0.15, 0.2) is 42.5 Å². The summed E-state index contributed by atoms with van der Waals surface area (Å²) in [7, 11) is 1.76. The fraction of sp³-hybridized carbons (Fsp3) is 0.517. The first-order valence-corrected chi connectivity index (χ1v) is 13.3. The monoisotopic (exact) mass is 474 g/mol. The molecule has 0 spiro atoms. The largest absolute Gasteiger partial charge is 0.496 e. The van der Waals surface area contributed by atoms with Crippen molar-refractivity contribution in [3.63, 3.8) is 0 Å². The lowest BCUT2D eigenvalue weighted by molar-refractivity contribution is 0.198. The van der Waals surface area contributed by atoms with Crippen molar-refractivity contribution >= 4 is 22.4 Å². The topological polar surface area (TPSA) is 61.7 Å². The minimum atomic E-state index is -0.234. The normalized spacial score (nSPS) is 20.6. The first kappa shape index (κ1) is 23.9. The van der Waals surface area contributed by atoms with Gasteiger partial charge in [-0.1, -0.05) is 32.0 Å². The van der Waals surface area contributed by atoms with Crippen molar-refractivity contribution in [2.45, 2.75) is 63.9 Å². The number of rotatable bonds is 5. The summed E-state index contributed by atoms with van der Waals surface area (Å²) < 4.78 is 5.63. The highest BCUT2D eigenvalue weighted by Gasteiger charge is 2.30. The number of piperidine rings is 1. The minimum absolute atomic E-state index is 0.234. The van der Waals surface area contributed by atoms with Crippen LogP contribution in [0.25, 0.3) is 10.9 Å². The molecule has 1 aliphatic carbocycles. The molecule has 6 rings (SSSR count). The molecule has 0 radical (unpaired) electrons. The fourth-order valence-electron chi connectivity index (χ4n) is 5.46. The molecule has 3 aromatic rings. The maximum atomic E-state index is 10.0. The van der Waals surface area contributed by atoms with Gasteiger partial charge in [0.2, 0.25) is 0 Å². The highest BCUT2D eigenvalue weighted by Crippen LogP contribution is 2.42. The van der Waals surface area contributed by atoms with Gasteiger partial charge in [0, 0.05) is 43.2 Å². The standard InChI is InChI=1S/C27H32N4O2.C2H6/c1-33-25-5-3-2-4-22(25)18-10-13-30(14-11-18)27-23-16-20(31-15-12-21(32)17-31)8-9-24(23)28-26(29-27)19-6-7-19;1-2/h2-5,8-9,16,18-19,21,32H,6-7,10-15,17H2,1H3;1-2H3. The summed E-state index contributed by atoms with van der Waals surface area (Å²) in [6, 6.07) is 15.0. The number of fused-ring (bicyclic) bond motifs is 1. The number of para-hydroxylation sites is 1. The van der Waals surface area contributed by atoms with Crippen molar-refractivity contribution in [3.05, 3.63) is 53.9 Å². The first-order chi connectivity index (χ1) is 17.2. The number of nitrogens with zero attached hydrogens (tertiary/aromatic N) is 4. The van der Waals surface area contributed by atoms with Crippen molar-refractivity contribution in [2.75, 3.05) is 43.1 Å². The summed E-state index contributed by atoms with van der Waals surface area (Å²) in [6.45, 7) is 7.55. The van der Waals surface area contributed by atoms with Gasteiger partial charge in [-0.3, -0.25) is 0 Å². The summed E-state index contributed by atoms with van der Waals surface area (Å²) in [4.78, 5) is 14.8. The molecule has 0 bridgehead atoms. The van der Waals surface area contributed by atoms with E-state index in [0.717, 1.165) is 72.9 Å². The Kier molecular flexibility index (Phi) is 7.09. The number of aromatic nitrogens is 2. The predicted molar refractivity (Wildman–Crippen MR) is 143 cm³/mol. The second-order valence-electron chi connectivity index (χ2n) is 9.77. The Bertz CT molecular complexity index is 1150. The van der Waals surface area contributed by atoms with E-state index in [0.29, 0.717) is 18.4 Å². The van der Waals surface area contributed by atoms with Crippen molar-refractivity contribution in [3.8, 4) is 5.75 Å². The number of anilines is 2. The summed E-state index contributed by atoms with van der Waals surface area (Å²) in [5, 5.41) is 11.1. The van der Waals surface area contributed by atoms with E-state index in [-0.39, 0.29) is 6.10 Å². The fourth-order valence-corrected chi connectivity index (χ4v) is 5.46. The van der Waals surface area contributed by atoms with Crippen molar-refractivity contribution in [1.82, 2.24) is 9.97 Å². The van der Waals surface area contributed by atoms with E-state index in [4.69, 9.17) is 14.7 Å². The second-order valence-corrected chi connectivity index (χ2v) is 9.77. The summed E-state index contributed by atoms with van der Waals surface area (Å²) >= 11 is 0. The summed E-state index contributed by atoms with van der Waals surface area (Å²) in [6.07, 6.45) is 5.17. The van der Waals surface area contributed by atoms with Crippen LogP contribution in [0, 0.1) is 0 Å². The van der Waals surface area contributed by atoms with E-state index >= 15 is 0 Å². The number of aliphatic hydroxyl groups is 1. The average molecular weight is 475 g/mol. The van der Waals surface area contributed by atoms with Gasteiger partial charge in [-0.2, -0.15) is 0 Å². The van der Waals surface area contributed by atoms with Crippen LogP contribution in [0.2, 0.25) is 0 Å². The van der Waals surface area contributed by atoms with E-state index in [2.05, 4.69) is 46.2 Å². The van der Waals surface area contributed by atoms with Gasteiger partial charge < -0.3 is 19.6 Å². The van der Waals surface area contributed by atoms with Gasteiger partial charge >= 0.3 is 0 Å². The van der Waals surface area contributed by atoms with E-state index < -0.39 is 0 Å². The molecule has 1 aromatic heterocycles. The quantitative estimate of drug-likeness (QED) is 0.527. The van der Waals surface area contributed by atoms with Crippen LogP contribution in [-0.4, -0.2) is 54.5 Å². The minimum Gasteiger partial charge on any atom is -0.496 e. The molecule has 2 aromatic carbocycles. The highest BCUT2D eigenvalue weighted by atomic mass is 16.5. The summed E-state index contributed by atoms with van der Waals surface area (Å²) in [5.41, 5.74) is 3.52. The zero-order valence-corrected chi connectivity index (χ0v) is 21.3. The molecule has 1 N–H and O–H groups in total. The molecule has 1 unspecified atom stereocenters. The molecular weight excluding hydrogens is 436 g/mol. The van der Waals surface area contributed by atoms with Crippen LogP contribution in [0.3, 0.4) is 0 Å². The molecule has 2 saturated heterocycles. The number of hydrogen-bond acceptors (Lipinski definition) is 6. The second kappa shape index (κ2) is 10.4. The number of ether oxygens (including phenoxy) is 1. The smallest absolute Gasteiger partial charge is 0.140 e. The maximum absolute atomic E-state index is 10.0. The van der Waals surface area contributed by atoms with Crippen LogP contribution in [0.4, 0.5) is 11.5 Å². The average Bonchev–Trinajstić information content (AvgIpc) is 3.69. The number of methoxy groups -OCH3 is 1. The Morgan fingerprint density at radius 1 is 0.857 bits per heavy atom. The van der Waals surface area contributed by atoms with E-state index in [9.17, 15) is 5.11 Å². The van der Waals surface area contributed by atoms with Crippen molar-refractivity contribution in [1.29, 1.82) is 0 Å². The SMILES string of the molecule is CC.COc1ccccc1C1CCN(c2nc(C3CC3)nc3ccc(N4CCC(O)C4)cc23)CC1. The van der Waals surface area contributed by atoms with Gasteiger partial charge in [0.1, 0.15) is 17.4 Å². The third kappa shape index (κ3) is 4.94. The van der Waals surface area contributed by atoms with Crippen LogP contribution in [0.1, 0.15) is 69.2 Å². The van der Waals surface area contributed by atoms with E-state index in [1.54, 1.807) is 7.11 Å². The van der Waals surface area contributed by atoms with Crippen LogP contribution >= 0.6 is 0 Å². The molecule has 1 atom stereocenters. The molecule has 2 aliphatic heterocycles. The molecule has 1 saturated carbocycles. The Labute approximate surface area is 208 Å². The van der Waals surface area contributed by atoms with E-state index in [1.807, 2.05) is 19.9 Å². The zero-order valence-electron chi connectivity index (χ0n) is 21.3. The van der Waals surface area contributed by atoms with Crippen molar-refractivity contribution < 1.29 is 9.84 Å². The maximum Gasteiger partial charge on any atom is 0.140 e. The first-order valence-electron chi connectivity index (χ1n) is 13.3. The number of aliphatic hydroxyl groups excluding tert-OH is 1. The van der Waals surface area contributed by atoms with Gasteiger partial charge in [-0.25, -0.2) is 9.97 Å². The lowest BCUT2D eigenvalue weighted by atomic mass is 9.88. The third-order valence-electron chi connectivity index (χ3n) is 7.52. The molecular formula is C29H38N4O2. The third-order valence-corrected chi connectivity index (χ3v) is 7.52. The number of benzene rings is 2. The Morgan fingerprint density at radius 3 is 2.29 bits per heavy atom. The zero-order chi connectivity index (χ0) is 24.4. The molecule has 6 nitrogen and oxygen atoms in total. The number of hydrogen-bond donors (Lipinski definition) is 1. The summed E-state index contributed by atoms with van der Waals surface area (Å²) in [5.74, 6) is 4.12. The van der Waals surface area contributed by atoms with Gasteiger partial charge in [-0.05, 0) is 67.9 Å². The lowest BCUT2D eigenvalue weighted by Crippen LogP contribution is -2.34. The number of β-amino-alcohol motifs (C(OH)–C–C–N with tert-alkyl or cyclic N) is 1. The Balaban J connectivity index is 0.00000124. The molecule has 3 heterocycles. The van der Waals surface area contributed by atoms with Crippen LogP contribution in [-0.2, 0) is 0 Å². The van der Waals surface area contributed by atoms with E-state index in [1.165, 1.54) is 18.4 Å². The van der Waals surface area contributed by atoms with Crippen LogP contribution in [0.5, 0.6) is 5.75 Å². The molecule has 3 fully saturated rings. The molecule has 186 valence electrons. The van der Waals surface area contributed by atoms with Gasteiger partial charge in [-0.15, -0.1) is 0 Å². The van der Waals surface area contributed by atoms with Gasteiger partial charge in [0.15, 0.2) is 0 Å². The Hall–Kier alpha value is -2.86. The molecule has 35 heavy (non-hydrogen) atoms. The molecule has 0 amide bonds. The van der Waals surface area contributed by atoms with Crippen molar-refractivity contribution in [2.24, 2.45) is 0 Å². The van der Waals surface area contributed by atoms with Crippen LogP contribution < -0.4 is 14.5 Å². The Morgan fingerprint density at radius 2 is 1.60 bits per heavy atom.